The number of hydrogen-bond donors (Lipinski definition) is 0. The van der Waals surface area contributed by atoms with Crippen molar-refractivity contribution in [1.82, 2.24) is 0 Å². The van der Waals surface area contributed by atoms with Gasteiger partial charge >= 0.3 is 0 Å². The molecule has 3 rings (SSSR count). The van der Waals surface area contributed by atoms with Gasteiger partial charge in [0.25, 0.3) is 0 Å². The average molecular weight is 460 g/mol. The van der Waals surface area contributed by atoms with Crippen LogP contribution in [0.15, 0.2) is 72.8 Å². The number of hydrogen-bond acceptors (Lipinski definition) is 0. The fraction of sp³-hybridized carbons (Fsp3) is 0.217. The van der Waals surface area contributed by atoms with Crippen LogP contribution in [0.5, 0.6) is 0 Å². The third-order valence-corrected chi connectivity index (χ3v) is 9.98. The van der Waals surface area contributed by atoms with Gasteiger partial charge in [0.2, 0.25) is 0 Å². The van der Waals surface area contributed by atoms with Crippen LogP contribution < -0.4 is 39.9 Å². The molecule has 0 aromatic heterocycles. The van der Waals surface area contributed by atoms with Gasteiger partial charge in [-0.3, -0.25) is 0 Å². The van der Waals surface area contributed by atoms with E-state index < -0.39 is 7.26 Å². The highest BCUT2D eigenvalue weighted by atomic mass is 127. The lowest BCUT2D eigenvalue weighted by molar-refractivity contribution is -0.00000496. The van der Waals surface area contributed by atoms with Gasteiger partial charge in [-0.05, 0) is 62.6 Å². The van der Waals surface area contributed by atoms with E-state index in [0.29, 0.717) is 0 Å². The number of rotatable bonds is 4. The van der Waals surface area contributed by atoms with Crippen molar-refractivity contribution in [3.63, 3.8) is 0 Å². The van der Waals surface area contributed by atoms with Gasteiger partial charge in [-0.1, -0.05) is 54.6 Å². The maximum atomic E-state index is 2.36. The molecule has 0 aliphatic rings. The Morgan fingerprint density at radius 2 is 0.840 bits per heavy atom. The molecule has 0 aliphatic heterocycles. The molecule has 0 radical (unpaired) electrons. The van der Waals surface area contributed by atoms with Gasteiger partial charge in [-0.2, -0.15) is 0 Å². The van der Waals surface area contributed by atoms with Crippen molar-refractivity contribution >= 4 is 23.2 Å². The fourth-order valence-corrected chi connectivity index (χ4v) is 8.73. The summed E-state index contributed by atoms with van der Waals surface area (Å²) in [6.45, 7) is 9.14. The van der Waals surface area contributed by atoms with Gasteiger partial charge in [0.15, 0.2) is 0 Å². The van der Waals surface area contributed by atoms with Crippen molar-refractivity contribution in [2.24, 2.45) is 0 Å². The van der Waals surface area contributed by atoms with Crippen LogP contribution in [-0.2, 0) is 0 Å². The Hall–Kier alpha value is -1.18. The molecule has 3 aromatic carbocycles. The molecule has 0 amide bonds. The smallest absolute Gasteiger partial charge is 0.112 e. The largest absolute Gasteiger partial charge is 1.00 e. The summed E-state index contributed by atoms with van der Waals surface area (Å²) < 4.78 is 0. The maximum absolute atomic E-state index is 2.36. The lowest BCUT2D eigenvalue weighted by Gasteiger charge is -2.30. The summed E-state index contributed by atoms with van der Waals surface area (Å²) in [6, 6.07) is 26.9. The van der Waals surface area contributed by atoms with Crippen molar-refractivity contribution in [1.29, 1.82) is 0 Å². The number of halogens is 1. The summed E-state index contributed by atoms with van der Waals surface area (Å²) in [5.74, 6) is 0. The second-order valence-corrected chi connectivity index (χ2v) is 10.2. The highest BCUT2D eigenvalue weighted by Crippen LogP contribution is 2.56. The molecule has 25 heavy (non-hydrogen) atoms. The highest BCUT2D eigenvalue weighted by Gasteiger charge is 2.46. The molecule has 0 saturated carbocycles. The van der Waals surface area contributed by atoms with Gasteiger partial charge in [0, 0.05) is 0 Å². The first-order chi connectivity index (χ1) is 11.6. The lowest BCUT2D eigenvalue weighted by atomic mass is 10.2. The summed E-state index contributed by atoms with van der Waals surface area (Å²) in [6.07, 6.45) is 1.15. The van der Waals surface area contributed by atoms with Gasteiger partial charge in [0.1, 0.15) is 23.2 Å². The molecule has 2 heteroatoms. The second kappa shape index (κ2) is 8.47. The molecule has 0 fully saturated rings. The van der Waals surface area contributed by atoms with Crippen molar-refractivity contribution in [3.8, 4) is 0 Å². The molecule has 0 unspecified atom stereocenters. The molecule has 0 N–H and O–H groups in total. The summed E-state index contributed by atoms with van der Waals surface area (Å²) in [7, 11) is -1.65. The van der Waals surface area contributed by atoms with E-state index in [4.69, 9.17) is 0 Å². The molecule has 0 nitrogen and oxygen atoms in total. The SMILES string of the molecule is CC[P+](c1ccccc1C)(c1ccccc1C)c1ccccc1C.[I-]. The van der Waals surface area contributed by atoms with Gasteiger partial charge in [0.05, 0.1) is 6.16 Å². The molecule has 0 aliphatic carbocycles. The quantitative estimate of drug-likeness (QED) is 0.413. The zero-order valence-electron chi connectivity index (χ0n) is 15.5. The second-order valence-electron chi connectivity index (χ2n) is 6.49. The van der Waals surface area contributed by atoms with E-state index in [9.17, 15) is 0 Å². The van der Waals surface area contributed by atoms with E-state index in [2.05, 4.69) is 100 Å². The average Bonchev–Trinajstić information content (AvgIpc) is 2.60. The Labute approximate surface area is 170 Å². The van der Waals surface area contributed by atoms with E-state index in [1.807, 2.05) is 0 Å². The molecule has 3 aromatic rings. The third-order valence-electron chi connectivity index (χ3n) is 5.05. The topological polar surface area (TPSA) is 0 Å². The Bertz CT molecular complexity index is 743. The van der Waals surface area contributed by atoms with Gasteiger partial charge < -0.3 is 24.0 Å². The Balaban J connectivity index is 0.00000225. The summed E-state index contributed by atoms with van der Waals surface area (Å²) >= 11 is 0. The van der Waals surface area contributed by atoms with Crippen LogP contribution in [0.1, 0.15) is 23.6 Å². The molecular formula is C23H26IP. The van der Waals surface area contributed by atoms with E-state index in [1.165, 1.54) is 32.6 Å². The predicted molar refractivity (Wildman–Crippen MR) is 110 cm³/mol. The van der Waals surface area contributed by atoms with E-state index in [0.717, 1.165) is 6.16 Å². The van der Waals surface area contributed by atoms with Crippen LogP contribution in [0.4, 0.5) is 0 Å². The van der Waals surface area contributed by atoms with Crippen molar-refractivity contribution in [3.05, 3.63) is 89.5 Å². The van der Waals surface area contributed by atoms with Crippen molar-refractivity contribution in [2.45, 2.75) is 27.7 Å². The molecule has 0 atom stereocenters. The summed E-state index contributed by atoms with van der Waals surface area (Å²) in [4.78, 5) is 0. The molecule has 0 saturated heterocycles. The van der Waals surface area contributed by atoms with Crippen LogP contribution >= 0.6 is 7.26 Å². The van der Waals surface area contributed by atoms with Crippen molar-refractivity contribution < 1.29 is 24.0 Å². The zero-order chi connectivity index (χ0) is 17.2. The standard InChI is InChI=1S/C23H26P.HI/c1-5-24(21-15-9-6-12-18(21)2,22-16-10-7-13-19(22)3)23-17-11-8-14-20(23)4;/h6-17H,5H2,1-4H3;1H/q+1;/p-1. The van der Waals surface area contributed by atoms with Crippen molar-refractivity contribution in [2.75, 3.05) is 6.16 Å². The summed E-state index contributed by atoms with van der Waals surface area (Å²) in [5.41, 5.74) is 4.21. The van der Waals surface area contributed by atoms with E-state index >= 15 is 0 Å². The first-order valence-corrected chi connectivity index (χ1v) is 10.7. The molecule has 0 heterocycles. The minimum absolute atomic E-state index is 0. The minimum Gasteiger partial charge on any atom is -1.00 e. The third kappa shape index (κ3) is 3.55. The van der Waals surface area contributed by atoms with Crippen LogP contribution in [0.25, 0.3) is 0 Å². The minimum atomic E-state index is -1.65. The van der Waals surface area contributed by atoms with Crippen LogP contribution in [-0.4, -0.2) is 6.16 Å². The highest BCUT2D eigenvalue weighted by molar-refractivity contribution is 7.95. The number of benzene rings is 3. The van der Waals surface area contributed by atoms with Crippen LogP contribution in [0.2, 0.25) is 0 Å². The van der Waals surface area contributed by atoms with Gasteiger partial charge in [-0.25, -0.2) is 0 Å². The first-order valence-electron chi connectivity index (χ1n) is 8.68. The van der Waals surface area contributed by atoms with Crippen LogP contribution in [0, 0.1) is 20.8 Å². The Morgan fingerprint density at radius 1 is 0.560 bits per heavy atom. The number of aryl methyl sites for hydroxylation is 3. The normalized spacial score (nSPS) is 11.0. The van der Waals surface area contributed by atoms with E-state index in [-0.39, 0.29) is 24.0 Å². The molecular weight excluding hydrogens is 434 g/mol. The Morgan fingerprint density at radius 3 is 1.08 bits per heavy atom. The lowest BCUT2D eigenvalue weighted by Crippen LogP contribution is -3.00. The first kappa shape index (κ1) is 20.1. The van der Waals surface area contributed by atoms with E-state index in [1.54, 1.807) is 0 Å². The monoisotopic (exact) mass is 460 g/mol. The van der Waals surface area contributed by atoms with Gasteiger partial charge in [-0.15, -0.1) is 0 Å². The van der Waals surface area contributed by atoms with Crippen LogP contribution in [0.3, 0.4) is 0 Å². The predicted octanol–water partition coefficient (Wildman–Crippen LogP) is 1.93. The fourth-order valence-electron chi connectivity index (χ4n) is 3.88. The zero-order valence-corrected chi connectivity index (χ0v) is 18.5. The molecule has 0 spiro atoms. The Kier molecular flexibility index (Phi) is 6.82. The molecule has 0 bridgehead atoms. The maximum Gasteiger partial charge on any atom is 0.112 e. The summed E-state index contributed by atoms with van der Waals surface area (Å²) in [5, 5.41) is 4.57. The molecule has 130 valence electrons.